The van der Waals surface area contributed by atoms with Gasteiger partial charge in [0, 0.05) is 16.9 Å². The fraction of sp³-hybridized carbons (Fsp3) is 0.263. The molecule has 0 aliphatic heterocycles. The van der Waals surface area contributed by atoms with Crippen molar-refractivity contribution >= 4 is 22.1 Å². The minimum atomic E-state index is -0.0983. The van der Waals surface area contributed by atoms with Crippen molar-refractivity contribution in [1.82, 2.24) is 0 Å². The first-order chi connectivity index (χ1) is 10.3. The monoisotopic (exact) mass is 294 g/mol. The molecule has 1 aliphatic carbocycles. The van der Waals surface area contributed by atoms with Gasteiger partial charge in [0.1, 0.15) is 11.4 Å². The molecule has 3 aromatic rings. The third-order valence-electron chi connectivity index (χ3n) is 4.59. The molecule has 2 aromatic carbocycles. The van der Waals surface area contributed by atoms with Gasteiger partial charge in [0.2, 0.25) is 0 Å². The molecule has 2 heteroatoms. The Morgan fingerprint density at radius 1 is 1.14 bits per heavy atom. The van der Waals surface area contributed by atoms with E-state index in [1.165, 1.54) is 22.8 Å². The summed E-state index contributed by atoms with van der Waals surface area (Å²) in [6.45, 7) is 2.26. The van der Waals surface area contributed by atoms with Gasteiger partial charge in [-0.3, -0.25) is 0 Å². The molecular weight excluding hydrogens is 276 g/mol. The van der Waals surface area contributed by atoms with Crippen LogP contribution in [0.15, 0.2) is 59.3 Å². The van der Waals surface area contributed by atoms with Crippen LogP contribution < -0.4 is 4.74 Å². The zero-order valence-electron chi connectivity index (χ0n) is 12.1. The maximum Gasteiger partial charge on any atom is 0.138 e. The number of ether oxygens (including phenoxy) is 1. The molecule has 1 saturated carbocycles. The molecule has 106 valence electrons. The summed E-state index contributed by atoms with van der Waals surface area (Å²) < 4.78 is 6.58. The summed E-state index contributed by atoms with van der Waals surface area (Å²) >= 11 is 1.75. The van der Waals surface area contributed by atoms with Crippen LogP contribution in [0.1, 0.15) is 25.3 Å². The standard InChI is InChI=1S/C19H18OS/c1-2-15-12-19(15,16-10-11-21-13-16)20-18-9-5-7-14-6-3-4-8-17(14)18/h3-11,13,15H,2,12H2,1H3/t15-,19-/m0/s1. The van der Waals surface area contributed by atoms with Gasteiger partial charge in [-0.05, 0) is 41.1 Å². The Hall–Kier alpha value is -1.80. The van der Waals surface area contributed by atoms with Gasteiger partial charge in [0.25, 0.3) is 0 Å². The van der Waals surface area contributed by atoms with Crippen molar-refractivity contribution in [2.24, 2.45) is 5.92 Å². The summed E-state index contributed by atoms with van der Waals surface area (Å²) in [4.78, 5) is 0. The van der Waals surface area contributed by atoms with Crippen LogP contribution in [0.2, 0.25) is 0 Å². The van der Waals surface area contributed by atoms with E-state index >= 15 is 0 Å². The summed E-state index contributed by atoms with van der Waals surface area (Å²) in [7, 11) is 0. The van der Waals surface area contributed by atoms with E-state index in [9.17, 15) is 0 Å². The fourth-order valence-corrected chi connectivity index (χ4v) is 4.03. The van der Waals surface area contributed by atoms with Gasteiger partial charge >= 0.3 is 0 Å². The van der Waals surface area contributed by atoms with Crippen LogP contribution in [0, 0.1) is 5.92 Å². The lowest BCUT2D eigenvalue weighted by atomic mass is 10.1. The lowest BCUT2D eigenvalue weighted by Crippen LogP contribution is -2.18. The van der Waals surface area contributed by atoms with Crippen LogP contribution in [0.4, 0.5) is 0 Å². The third-order valence-corrected chi connectivity index (χ3v) is 5.28. The van der Waals surface area contributed by atoms with E-state index in [0.717, 1.165) is 12.2 Å². The van der Waals surface area contributed by atoms with Crippen LogP contribution in [0.25, 0.3) is 10.8 Å². The first-order valence-corrected chi connectivity index (χ1v) is 8.47. The molecule has 21 heavy (non-hydrogen) atoms. The number of thiophene rings is 1. The van der Waals surface area contributed by atoms with Gasteiger partial charge in [0.05, 0.1) is 0 Å². The summed E-state index contributed by atoms with van der Waals surface area (Å²) in [6, 6.07) is 17.0. The largest absolute Gasteiger partial charge is 0.482 e. The summed E-state index contributed by atoms with van der Waals surface area (Å²) in [5.41, 5.74) is 1.24. The van der Waals surface area contributed by atoms with E-state index in [4.69, 9.17) is 4.74 Å². The molecule has 0 radical (unpaired) electrons. The first kappa shape index (κ1) is 12.9. The van der Waals surface area contributed by atoms with E-state index in [0.29, 0.717) is 5.92 Å². The molecule has 0 N–H and O–H groups in total. The average molecular weight is 294 g/mol. The van der Waals surface area contributed by atoms with Crippen molar-refractivity contribution in [2.45, 2.75) is 25.4 Å². The van der Waals surface area contributed by atoms with Crippen molar-refractivity contribution in [3.8, 4) is 5.75 Å². The molecule has 4 rings (SSSR count). The zero-order chi connectivity index (χ0) is 14.3. The number of hydrogen-bond acceptors (Lipinski definition) is 2. The van der Waals surface area contributed by atoms with Crippen molar-refractivity contribution in [3.63, 3.8) is 0 Å². The van der Waals surface area contributed by atoms with E-state index in [-0.39, 0.29) is 5.60 Å². The first-order valence-electron chi connectivity index (χ1n) is 7.53. The highest BCUT2D eigenvalue weighted by atomic mass is 32.1. The smallest absolute Gasteiger partial charge is 0.138 e. The van der Waals surface area contributed by atoms with E-state index in [2.05, 4.69) is 66.2 Å². The molecule has 0 saturated heterocycles. The van der Waals surface area contributed by atoms with Gasteiger partial charge in [-0.2, -0.15) is 11.3 Å². The van der Waals surface area contributed by atoms with E-state index in [1.54, 1.807) is 11.3 Å². The van der Waals surface area contributed by atoms with Gasteiger partial charge in [-0.15, -0.1) is 0 Å². The Bertz CT molecular complexity index is 757. The highest BCUT2D eigenvalue weighted by Gasteiger charge is 2.57. The van der Waals surface area contributed by atoms with Gasteiger partial charge in [-0.25, -0.2) is 0 Å². The fourth-order valence-electron chi connectivity index (χ4n) is 3.30. The topological polar surface area (TPSA) is 9.23 Å². The summed E-state index contributed by atoms with van der Waals surface area (Å²) in [5, 5.41) is 6.83. The number of rotatable bonds is 4. The predicted molar refractivity (Wildman–Crippen MR) is 89.0 cm³/mol. The maximum absolute atomic E-state index is 6.58. The Morgan fingerprint density at radius 2 is 2.00 bits per heavy atom. The van der Waals surface area contributed by atoms with Crippen LogP contribution in [0.5, 0.6) is 5.75 Å². The second-order valence-corrected chi connectivity index (χ2v) is 6.57. The van der Waals surface area contributed by atoms with E-state index < -0.39 is 0 Å². The third kappa shape index (κ3) is 2.06. The van der Waals surface area contributed by atoms with Crippen LogP contribution >= 0.6 is 11.3 Å². The van der Waals surface area contributed by atoms with Crippen LogP contribution in [0.3, 0.4) is 0 Å². The van der Waals surface area contributed by atoms with E-state index in [1.807, 2.05) is 0 Å². The quantitative estimate of drug-likeness (QED) is 0.608. The Labute approximate surface area is 129 Å². The molecule has 2 atom stereocenters. The molecule has 1 aromatic heterocycles. The highest BCUT2D eigenvalue weighted by Crippen LogP contribution is 2.57. The molecule has 1 aliphatic rings. The molecule has 1 nitrogen and oxygen atoms in total. The Kier molecular flexibility index (Phi) is 3.00. The van der Waals surface area contributed by atoms with Crippen molar-refractivity contribution in [1.29, 1.82) is 0 Å². The Morgan fingerprint density at radius 3 is 2.76 bits per heavy atom. The predicted octanol–water partition coefficient (Wildman–Crippen LogP) is 5.61. The molecule has 1 heterocycles. The van der Waals surface area contributed by atoms with Gasteiger partial charge in [-0.1, -0.05) is 43.3 Å². The molecule has 0 spiro atoms. The van der Waals surface area contributed by atoms with Crippen molar-refractivity contribution in [3.05, 3.63) is 64.9 Å². The van der Waals surface area contributed by atoms with Crippen molar-refractivity contribution < 1.29 is 4.74 Å². The normalized spacial score (nSPS) is 24.1. The molecule has 0 amide bonds. The highest BCUT2D eigenvalue weighted by molar-refractivity contribution is 7.08. The number of fused-ring (bicyclic) bond motifs is 1. The zero-order valence-corrected chi connectivity index (χ0v) is 12.9. The second-order valence-electron chi connectivity index (χ2n) is 5.79. The SMILES string of the molecule is CC[C@H]1C[C@@]1(Oc1cccc2ccccc12)c1ccsc1. The number of hydrogen-bond donors (Lipinski definition) is 0. The van der Waals surface area contributed by atoms with Gasteiger partial charge < -0.3 is 4.74 Å². The van der Waals surface area contributed by atoms with Crippen LogP contribution in [-0.4, -0.2) is 0 Å². The minimum Gasteiger partial charge on any atom is -0.482 e. The molecular formula is C19H18OS. The second kappa shape index (κ2) is 4.88. The Balaban J connectivity index is 1.77. The molecule has 0 bridgehead atoms. The lowest BCUT2D eigenvalue weighted by Gasteiger charge is -2.20. The summed E-state index contributed by atoms with van der Waals surface area (Å²) in [5.74, 6) is 1.64. The maximum atomic E-state index is 6.58. The minimum absolute atomic E-state index is 0.0983. The van der Waals surface area contributed by atoms with Gasteiger partial charge in [0.15, 0.2) is 0 Å². The van der Waals surface area contributed by atoms with Crippen molar-refractivity contribution in [2.75, 3.05) is 0 Å². The lowest BCUT2D eigenvalue weighted by molar-refractivity contribution is 0.162. The average Bonchev–Trinajstić information content (AvgIpc) is 2.97. The summed E-state index contributed by atoms with van der Waals surface area (Å²) in [6.07, 6.45) is 2.30. The molecule has 1 fully saturated rings. The molecule has 0 unspecified atom stereocenters. The van der Waals surface area contributed by atoms with Crippen LogP contribution in [-0.2, 0) is 5.60 Å². The number of benzene rings is 2.